The van der Waals surface area contributed by atoms with Gasteiger partial charge in [-0.05, 0) is 55.7 Å². The van der Waals surface area contributed by atoms with Gasteiger partial charge in [0.05, 0.1) is 11.8 Å². The second-order valence-electron chi connectivity index (χ2n) is 6.16. The fourth-order valence-electron chi connectivity index (χ4n) is 2.52. The molecule has 4 nitrogen and oxygen atoms in total. The Bertz CT molecular complexity index is 880. The number of rotatable bonds is 5. The number of phenols is 1. The first-order valence-corrected chi connectivity index (χ1v) is 8.43. The van der Waals surface area contributed by atoms with Crippen molar-refractivity contribution in [3.05, 3.63) is 63.2 Å². The molecule has 0 aliphatic rings. The highest BCUT2D eigenvalue weighted by atomic mass is 35.5. The van der Waals surface area contributed by atoms with Gasteiger partial charge in [0, 0.05) is 17.0 Å². The molecule has 2 aromatic rings. The number of aromatic hydroxyl groups is 1. The number of hydrogen-bond donors (Lipinski definition) is 2. The minimum Gasteiger partial charge on any atom is -0.507 e. The summed E-state index contributed by atoms with van der Waals surface area (Å²) in [4.78, 5) is 11.9. The van der Waals surface area contributed by atoms with Crippen LogP contribution in [-0.2, 0) is 17.4 Å². The second kappa shape index (κ2) is 8.43. The Labute approximate surface area is 159 Å². The first-order chi connectivity index (χ1) is 12.6. The number of phenolic OH excluding ortho intramolecular Hbond substituents is 1. The summed E-state index contributed by atoms with van der Waals surface area (Å²) in [5.74, 6) is -0.462. The molecule has 0 radical (unpaired) electrons. The third-order valence-electron chi connectivity index (χ3n) is 3.79. The van der Waals surface area contributed by atoms with Crippen LogP contribution in [-0.4, -0.2) is 17.2 Å². The zero-order chi connectivity index (χ0) is 20.2. The molecule has 0 spiro atoms. The van der Waals surface area contributed by atoms with Gasteiger partial charge in [0.15, 0.2) is 0 Å². The van der Waals surface area contributed by atoms with Crippen LogP contribution in [0.15, 0.2) is 35.4 Å². The molecule has 8 heteroatoms. The molecule has 0 fully saturated rings. The van der Waals surface area contributed by atoms with Crippen LogP contribution < -0.4 is 5.43 Å². The van der Waals surface area contributed by atoms with E-state index in [4.69, 9.17) is 11.6 Å². The summed E-state index contributed by atoms with van der Waals surface area (Å²) < 4.78 is 38.5. The minimum atomic E-state index is -4.43. The summed E-state index contributed by atoms with van der Waals surface area (Å²) in [7, 11) is 0. The summed E-state index contributed by atoms with van der Waals surface area (Å²) in [6.07, 6.45) is -3.06. The number of amides is 1. The lowest BCUT2D eigenvalue weighted by molar-refractivity contribution is -0.137. The Morgan fingerprint density at radius 2 is 1.93 bits per heavy atom. The molecule has 0 aromatic heterocycles. The number of halogens is 4. The molecule has 0 saturated heterocycles. The largest absolute Gasteiger partial charge is 0.507 e. The Kier molecular flexibility index (Phi) is 6.49. The fraction of sp³-hybridized carbons (Fsp3) is 0.263. The molecule has 2 N–H and O–H groups in total. The lowest BCUT2D eigenvalue weighted by atomic mass is 10.0. The summed E-state index contributed by atoms with van der Waals surface area (Å²) in [6.45, 7) is 3.25. The summed E-state index contributed by atoms with van der Waals surface area (Å²) >= 11 is 5.90. The zero-order valence-corrected chi connectivity index (χ0v) is 15.4. The first kappa shape index (κ1) is 20.8. The molecule has 0 unspecified atom stereocenters. The summed E-state index contributed by atoms with van der Waals surface area (Å²) in [6, 6.07) is 6.79. The number of alkyl halides is 3. The van der Waals surface area contributed by atoms with E-state index in [0.717, 1.165) is 12.1 Å². The predicted octanol–water partition coefficient (Wildman–Crippen LogP) is 4.76. The lowest BCUT2D eigenvalue weighted by Gasteiger charge is -2.10. The number of aryl methyl sites for hydroxylation is 3. The van der Waals surface area contributed by atoms with E-state index in [0.29, 0.717) is 27.3 Å². The van der Waals surface area contributed by atoms with Crippen LogP contribution in [0.5, 0.6) is 5.75 Å². The van der Waals surface area contributed by atoms with Crippen LogP contribution >= 0.6 is 11.6 Å². The van der Waals surface area contributed by atoms with E-state index in [-0.39, 0.29) is 18.6 Å². The molecule has 144 valence electrons. The summed E-state index contributed by atoms with van der Waals surface area (Å²) in [5, 5.41) is 14.1. The third kappa shape index (κ3) is 5.99. The van der Waals surface area contributed by atoms with Gasteiger partial charge in [-0.15, -0.1) is 0 Å². The smallest absolute Gasteiger partial charge is 0.416 e. The van der Waals surface area contributed by atoms with Crippen molar-refractivity contribution in [2.24, 2.45) is 5.10 Å². The van der Waals surface area contributed by atoms with E-state index in [1.165, 1.54) is 12.3 Å². The molecule has 0 heterocycles. The fourth-order valence-corrected chi connectivity index (χ4v) is 2.80. The first-order valence-electron chi connectivity index (χ1n) is 8.05. The second-order valence-corrected chi connectivity index (χ2v) is 6.60. The van der Waals surface area contributed by atoms with Crippen molar-refractivity contribution in [3.8, 4) is 5.75 Å². The predicted molar refractivity (Wildman–Crippen MR) is 98.1 cm³/mol. The number of benzene rings is 2. The average molecular weight is 399 g/mol. The monoisotopic (exact) mass is 398 g/mol. The van der Waals surface area contributed by atoms with Gasteiger partial charge >= 0.3 is 6.18 Å². The van der Waals surface area contributed by atoms with E-state index in [9.17, 15) is 23.1 Å². The van der Waals surface area contributed by atoms with Gasteiger partial charge < -0.3 is 5.11 Å². The number of carbonyl (C=O) groups is 1. The van der Waals surface area contributed by atoms with Crippen molar-refractivity contribution in [1.82, 2.24) is 5.43 Å². The van der Waals surface area contributed by atoms with Crippen LogP contribution in [0.4, 0.5) is 13.2 Å². The molecule has 0 bridgehead atoms. The highest BCUT2D eigenvalue weighted by Crippen LogP contribution is 2.31. The molecular formula is C19H18ClF3N2O2. The normalized spacial score (nSPS) is 11.8. The Hall–Kier alpha value is -2.54. The molecule has 1 amide bonds. The van der Waals surface area contributed by atoms with Crippen molar-refractivity contribution < 1.29 is 23.1 Å². The van der Waals surface area contributed by atoms with E-state index < -0.39 is 17.6 Å². The molecule has 2 rings (SSSR count). The molecule has 0 aliphatic heterocycles. The van der Waals surface area contributed by atoms with Gasteiger partial charge in [0.1, 0.15) is 5.75 Å². The minimum absolute atomic E-state index is 0.00293. The van der Waals surface area contributed by atoms with Gasteiger partial charge in [-0.3, -0.25) is 4.79 Å². The Balaban J connectivity index is 1.97. The van der Waals surface area contributed by atoms with Crippen molar-refractivity contribution in [2.45, 2.75) is 32.9 Å². The maximum atomic E-state index is 12.8. The molecule has 27 heavy (non-hydrogen) atoms. The third-order valence-corrected chi connectivity index (χ3v) is 4.01. The van der Waals surface area contributed by atoms with E-state index >= 15 is 0 Å². The molecule has 2 aromatic carbocycles. The topological polar surface area (TPSA) is 61.7 Å². The van der Waals surface area contributed by atoms with Crippen molar-refractivity contribution in [3.63, 3.8) is 0 Å². The van der Waals surface area contributed by atoms with Crippen LogP contribution in [0.1, 0.15) is 34.2 Å². The van der Waals surface area contributed by atoms with Crippen LogP contribution in [0, 0.1) is 13.8 Å². The maximum Gasteiger partial charge on any atom is 0.416 e. The van der Waals surface area contributed by atoms with Crippen molar-refractivity contribution in [1.29, 1.82) is 0 Å². The van der Waals surface area contributed by atoms with Gasteiger partial charge in [-0.2, -0.15) is 18.3 Å². The van der Waals surface area contributed by atoms with Crippen LogP contribution in [0.3, 0.4) is 0 Å². The van der Waals surface area contributed by atoms with Gasteiger partial charge in [-0.1, -0.05) is 23.2 Å². The maximum absolute atomic E-state index is 12.8. The number of hydrazone groups is 1. The van der Waals surface area contributed by atoms with E-state index in [2.05, 4.69) is 10.5 Å². The quantitative estimate of drug-likeness (QED) is 0.563. The number of nitrogens with zero attached hydrogens (tertiary/aromatic N) is 1. The SMILES string of the molecule is Cc1cc(CCC(=O)N/N=C/c2cc(Cl)cc(C)c2O)cc(C(F)(F)F)c1. The molecular weight excluding hydrogens is 381 g/mol. The molecule has 0 atom stereocenters. The van der Waals surface area contributed by atoms with Gasteiger partial charge in [0.25, 0.3) is 0 Å². The van der Waals surface area contributed by atoms with Crippen molar-refractivity contribution in [2.75, 3.05) is 0 Å². The van der Waals surface area contributed by atoms with Gasteiger partial charge in [0.2, 0.25) is 5.91 Å². The van der Waals surface area contributed by atoms with Crippen LogP contribution in [0.25, 0.3) is 0 Å². The van der Waals surface area contributed by atoms with E-state index in [1.807, 2.05) is 0 Å². The highest BCUT2D eigenvalue weighted by molar-refractivity contribution is 6.31. The van der Waals surface area contributed by atoms with E-state index in [1.54, 1.807) is 26.0 Å². The highest BCUT2D eigenvalue weighted by Gasteiger charge is 2.30. The molecule has 0 aliphatic carbocycles. The number of carbonyl (C=O) groups excluding carboxylic acids is 1. The number of hydrogen-bond acceptors (Lipinski definition) is 3. The lowest BCUT2D eigenvalue weighted by Crippen LogP contribution is -2.18. The average Bonchev–Trinajstić information content (AvgIpc) is 2.56. The summed E-state index contributed by atoms with van der Waals surface area (Å²) in [5.41, 5.74) is 3.35. The Morgan fingerprint density at radius 3 is 2.59 bits per heavy atom. The molecule has 0 saturated carbocycles. The van der Waals surface area contributed by atoms with Crippen LogP contribution in [0.2, 0.25) is 5.02 Å². The van der Waals surface area contributed by atoms with Gasteiger partial charge in [-0.25, -0.2) is 5.43 Å². The van der Waals surface area contributed by atoms with Crippen molar-refractivity contribution >= 4 is 23.7 Å². The number of nitrogens with one attached hydrogen (secondary N) is 1. The zero-order valence-electron chi connectivity index (χ0n) is 14.7. The standard InChI is InChI=1S/C19H18ClF3N2O2/c1-11-5-13(8-15(6-11)19(21,22)23)3-4-17(26)25-24-10-14-9-16(20)7-12(2)18(14)27/h5-10,27H,3-4H2,1-2H3,(H,25,26)/b24-10+. The Morgan fingerprint density at radius 1 is 1.22 bits per heavy atom.